The first kappa shape index (κ1) is 49.7. The van der Waals surface area contributed by atoms with Gasteiger partial charge in [0.05, 0.1) is 4.92 Å². The second kappa shape index (κ2) is 21.7. The quantitative estimate of drug-likeness (QED) is 0.0441. The number of para-hydroxylation sites is 1. The Balaban J connectivity index is 0.000000220. The molecular weight excluding hydrogens is 870 g/mol. The summed E-state index contributed by atoms with van der Waals surface area (Å²) in [6.07, 6.45) is 5.26. The molecule has 0 spiro atoms. The molecule has 0 amide bonds. The molecule has 1 aliphatic carbocycles. The fraction of sp³-hybridized carbons (Fsp3) is 0.262. The molecule has 4 N–H and O–H groups in total. The third-order valence-corrected chi connectivity index (χ3v) is 12.3. The van der Waals surface area contributed by atoms with Crippen LogP contribution in [0.1, 0.15) is 75.3 Å². The van der Waals surface area contributed by atoms with Crippen molar-refractivity contribution in [1.29, 1.82) is 0 Å². The second-order valence-electron chi connectivity index (χ2n) is 14.1. The highest BCUT2D eigenvalue weighted by molar-refractivity contribution is 8.01. The van der Waals surface area contributed by atoms with Crippen LogP contribution in [0.25, 0.3) is 6.08 Å². The SMILES string of the molecule is Cc1c(C)c2c(c(C)c1C=CC(=O)O)CCC2(C)C.Cc1ccc(C)c(OCC(=O)O)c1.O=C(O)c1nnsc1Sc1ccc(Cl)cc1.O=[N+]([O-])c1ccccc1S(=O)(=O)O. The normalized spacial score (nSPS) is 12.4. The smallest absolute Gasteiger partial charge is 0.358 e. The van der Waals surface area contributed by atoms with Crippen LogP contribution in [0.3, 0.4) is 0 Å². The van der Waals surface area contributed by atoms with Gasteiger partial charge in [0.15, 0.2) is 17.2 Å². The molecule has 19 heteroatoms. The first-order valence-corrected chi connectivity index (χ1v) is 21.5. The van der Waals surface area contributed by atoms with Crippen molar-refractivity contribution < 1.29 is 52.3 Å². The van der Waals surface area contributed by atoms with E-state index < -0.39 is 43.5 Å². The summed E-state index contributed by atoms with van der Waals surface area (Å²) in [7, 11) is -4.52. The molecule has 15 nitrogen and oxygen atoms in total. The zero-order valence-corrected chi connectivity index (χ0v) is 37.3. The van der Waals surface area contributed by atoms with Gasteiger partial charge in [-0.3, -0.25) is 14.7 Å². The summed E-state index contributed by atoms with van der Waals surface area (Å²) < 4.78 is 39.1. The van der Waals surface area contributed by atoms with Crippen LogP contribution in [0, 0.1) is 44.7 Å². The molecule has 0 aliphatic heterocycles. The molecule has 0 unspecified atom stereocenters. The molecule has 0 saturated heterocycles. The summed E-state index contributed by atoms with van der Waals surface area (Å²) in [5.74, 6) is -2.27. The second-order valence-corrected chi connectivity index (χ2v) is 18.0. The van der Waals surface area contributed by atoms with E-state index >= 15 is 0 Å². The van der Waals surface area contributed by atoms with E-state index in [0.717, 1.165) is 51.7 Å². The number of carboxylic acid groups (broad SMARTS) is 3. The zero-order valence-electron chi connectivity index (χ0n) is 34.1. The molecule has 0 fully saturated rings. The van der Waals surface area contributed by atoms with Gasteiger partial charge in [0, 0.05) is 22.1 Å². The highest BCUT2D eigenvalue weighted by Gasteiger charge is 2.34. The maximum Gasteiger partial charge on any atom is 0.358 e. The molecule has 1 aromatic heterocycles. The average molecular weight is 914 g/mol. The number of nitrogens with zero attached hydrogens (tertiary/aromatic N) is 3. The van der Waals surface area contributed by atoms with E-state index in [2.05, 4.69) is 44.2 Å². The number of aliphatic carboxylic acids is 2. The van der Waals surface area contributed by atoms with E-state index in [0.29, 0.717) is 15.0 Å². The van der Waals surface area contributed by atoms with Crippen LogP contribution in [-0.4, -0.2) is 67.3 Å². The maximum absolute atomic E-state index is 10.8. The minimum absolute atomic E-state index is 0.00931. The van der Waals surface area contributed by atoms with Crippen molar-refractivity contribution >= 4 is 74.7 Å². The third kappa shape index (κ3) is 14.2. The predicted molar refractivity (Wildman–Crippen MR) is 233 cm³/mol. The number of nitro benzene ring substituents is 1. The highest BCUT2D eigenvalue weighted by Crippen LogP contribution is 2.44. The van der Waals surface area contributed by atoms with Crippen LogP contribution >= 0.6 is 34.9 Å². The lowest BCUT2D eigenvalue weighted by atomic mass is 9.80. The van der Waals surface area contributed by atoms with Crippen LogP contribution in [0.5, 0.6) is 5.75 Å². The minimum atomic E-state index is -4.52. The van der Waals surface area contributed by atoms with E-state index in [-0.39, 0.29) is 17.7 Å². The fourth-order valence-corrected chi connectivity index (χ4v) is 8.70. The Hall–Kier alpha value is -5.66. The van der Waals surface area contributed by atoms with E-state index in [1.807, 2.05) is 44.2 Å². The number of hydrogen-bond acceptors (Lipinski definition) is 12. The van der Waals surface area contributed by atoms with Gasteiger partial charge in [0.2, 0.25) is 0 Å². The largest absolute Gasteiger partial charge is 0.482 e. The Bertz CT molecular complexity index is 2560. The number of hydrogen-bond donors (Lipinski definition) is 4. The Labute approximate surface area is 366 Å². The summed E-state index contributed by atoms with van der Waals surface area (Å²) in [6, 6.07) is 17.4. The number of halogens is 1. The van der Waals surface area contributed by atoms with Crippen molar-refractivity contribution in [2.24, 2.45) is 0 Å². The molecule has 5 aromatic rings. The van der Waals surface area contributed by atoms with Crippen molar-refractivity contribution in [1.82, 2.24) is 9.59 Å². The van der Waals surface area contributed by atoms with Crippen molar-refractivity contribution in [3.8, 4) is 5.75 Å². The van der Waals surface area contributed by atoms with Gasteiger partial charge in [0.25, 0.3) is 5.69 Å². The summed E-state index contributed by atoms with van der Waals surface area (Å²) in [5.41, 5.74) is 9.39. The lowest BCUT2D eigenvalue weighted by Crippen LogP contribution is -2.15. The number of nitro groups is 1. The van der Waals surface area contributed by atoms with Gasteiger partial charge in [-0.05, 0) is 151 Å². The van der Waals surface area contributed by atoms with Crippen LogP contribution < -0.4 is 4.74 Å². The molecule has 6 rings (SSSR count). The maximum atomic E-state index is 10.8. The molecule has 0 saturated carbocycles. The fourth-order valence-electron chi connectivity index (χ4n) is 6.26. The zero-order chi connectivity index (χ0) is 45.8. The van der Waals surface area contributed by atoms with E-state index in [9.17, 15) is 32.9 Å². The lowest BCUT2D eigenvalue weighted by molar-refractivity contribution is -0.387. The number of rotatable bonds is 10. The molecule has 0 radical (unpaired) electrons. The first-order chi connectivity index (χ1) is 28.4. The highest BCUT2D eigenvalue weighted by atomic mass is 35.5. The molecule has 0 bridgehead atoms. The summed E-state index contributed by atoms with van der Waals surface area (Å²) >= 11 is 8.13. The van der Waals surface area contributed by atoms with E-state index in [1.165, 1.54) is 64.2 Å². The number of carbonyl (C=O) groups is 3. The number of carboxylic acids is 3. The monoisotopic (exact) mass is 913 g/mol. The van der Waals surface area contributed by atoms with Gasteiger partial charge in [-0.25, -0.2) is 14.4 Å². The number of aromatic nitrogens is 2. The van der Waals surface area contributed by atoms with Crippen molar-refractivity contribution in [2.45, 2.75) is 80.7 Å². The van der Waals surface area contributed by atoms with Crippen molar-refractivity contribution in [3.63, 3.8) is 0 Å². The molecule has 0 atom stereocenters. The van der Waals surface area contributed by atoms with Crippen LogP contribution in [0.15, 0.2) is 86.8 Å². The van der Waals surface area contributed by atoms with E-state index in [1.54, 1.807) is 18.2 Å². The summed E-state index contributed by atoms with van der Waals surface area (Å²) in [5, 5.41) is 40.6. The molecule has 324 valence electrons. The van der Waals surface area contributed by atoms with Crippen molar-refractivity contribution in [3.05, 3.63) is 138 Å². The molecular formula is C42H44ClN3O12S3. The lowest BCUT2D eigenvalue weighted by Gasteiger charge is -2.24. The Morgan fingerprint density at radius 3 is 2.16 bits per heavy atom. The van der Waals surface area contributed by atoms with Gasteiger partial charge in [-0.1, -0.05) is 66.0 Å². The van der Waals surface area contributed by atoms with Gasteiger partial charge >= 0.3 is 28.0 Å². The Kier molecular flexibility index (Phi) is 17.7. The third-order valence-electron chi connectivity index (χ3n) is 9.29. The van der Waals surface area contributed by atoms with Crippen LogP contribution in [0.4, 0.5) is 5.69 Å². The van der Waals surface area contributed by atoms with Crippen LogP contribution in [0.2, 0.25) is 5.02 Å². The number of aryl methyl sites for hydroxylation is 2. The van der Waals surface area contributed by atoms with Crippen LogP contribution in [-0.2, 0) is 31.5 Å². The van der Waals surface area contributed by atoms with Gasteiger partial charge in [-0.2, -0.15) is 8.42 Å². The van der Waals surface area contributed by atoms with Crippen molar-refractivity contribution in [2.75, 3.05) is 6.61 Å². The Morgan fingerprint density at radius 1 is 0.967 bits per heavy atom. The average Bonchev–Trinajstić information content (AvgIpc) is 3.79. The Morgan fingerprint density at radius 2 is 1.61 bits per heavy atom. The molecule has 61 heavy (non-hydrogen) atoms. The van der Waals surface area contributed by atoms with Gasteiger partial charge in [-0.15, -0.1) is 5.10 Å². The first-order valence-electron chi connectivity index (χ1n) is 18.1. The minimum Gasteiger partial charge on any atom is -0.482 e. The molecule has 4 aromatic carbocycles. The number of ether oxygens (including phenoxy) is 1. The number of fused-ring (bicyclic) bond motifs is 1. The predicted octanol–water partition coefficient (Wildman–Crippen LogP) is 9.58. The summed E-state index contributed by atoms with van der Waals surface area (Å²) in [4.78, 5) is 41.4. The van der Waals surface area contributed by atoms with Gasteiger partial charge in [0.1, 0.15) is 9.96 Å². The van der Waals surface area contributed by atoms with E-state index in [4.69, 9.17) is 36.2 Å². The molecule has 1 heterocycles. The molecule has 1 aliphatic rings. The van der Waals surface area contributed by atoms with Gasteiger partial charge < -0.3 is 20.1 Å². The topological polar surface area (TPSA) is 244 Å². The summed E-state index contributed by atoms with van der Waals surface area (Å²) in [6.45, 7) is 14.5. The number of benzene rings is 4. The standard InChI is InChI=1S/C17H22O2.C10H12O3.C9H5ClN2O2S2.C6H5NO5S/c1-10-11(2)16-14(8-9-17(16,4)5)12(3)13(10)6-7-15(18)19;1-7-3-4-8(2)9(5-7)13-6-10(11)12;10-5-1-3-6(4-2-5)15-9-7(8(13)14)11-12-16-9;8-7(9)5-3-1-2-4-6(5)13(10,11)12/h6-7H,8-9H2,1-5H3,(H,18,19);3-5H,6H2,1-2H3,(H,11,12);1-4H,(H,13,14);1-4H,(H,10,11,12). The number of aromatic carboxylic acids is 1.